The fourth-order valence-electron chi connectivity index (χ4n) is 2.63. The van der Waals surface area contributed by atoms with Gasteiger partial charge in [-0.3, -0.25) is 9.59 Å². The smallest absolute Gasteiger partial charge is 0.230 e. The van der Waals surface area contributed by atoms with Crippen molar-refractivity contribution in [2.45, 2.75) is 39.5 Å². The number of likely N-dealkylation sites (tertiary alicyclic amines) is 1. The van der Waals surface area contributed by atoms with Crippen molar-refractivity contribution in [3.8, 4) is 0 Å². The predicted octanol–water partition coefficient (Wildman–Crippen LogP) is 2.37. The lowest BCUT2D eigenvalue weighted by Gasteiger charge is -2.32. The first-order chi connectivity index (χ1) is 10.1. The molecule has 1 aliphatic heterocycles. The van der Waals surface area contributed by atoms with Crippen LogP contribution in [0.5, 0.6) is 0 Å². The lowest BCUT2D eigenvalue weighted by Crippen LogP contribution is -2.43. The van der Waals surface area contributed by atoms with E-state index < -0.39 is 0 Å². The summed E-state index contributed by atoms with van der Waals surface area (Å²) < 4.78 is 0. The molecule has 5 heteroatoms. The molecule has 1 N–H and O–H groups in total. The summed E-state index contributed by atoms with van der Waals surface area (Å²) in [6.45, 7) is 5.18. The second kappa shape index (κ2) is 7.20. The molecule has 0 radical (unpaired) electrons. The summed E-state index contributed by atoms with van der Waals surface area (Å²) in [4.78, 5) is 30.4. The highest BCUT2D eigenvalue weighted by atomic mass is 16.2. The minimum Gasteiger partial charge on any atom is -0.342 e. The third-order valence-corrected chi connectivity index (χ3v) is 3.75. The maximum absolute atomic E-state index is 12.3. The van der Waals surface area contributed by atoms with Gasteiger partial charge >= 0.3 is 0 Å². The zero-order valence-electron chi connectivity index (χ0n) is 12.8. The summed E-state index contributed by atoms with van der Waals surface area (Å²) in [5, 5.41) is 2.86. The molecule has 2 heterocycles. The standard InChI is InChI=1S/C16H23N3O2/c1-3-6-15(20)19-10-5-8-13(11-19)16(21)18-14-9-4-7-12(2)17-14/h4,7,9,13H,3,5-6,8,10-11H2,1-2H3,(H,17,18,21). The van der Waals surface area contributed by atoms with Crippen LogP contribution in [0, 0.1) is 12.8 Å². The van der Waals surface area contributed by atoms with Gasteiger partial charge in [-0.15, -0.1) is 0 Å². The van der Waals surface area contributed by atoms with Crippen LogP contribution in [0.3, 0.4) is 0 Å². The third-order valence-electron chi connectivity index (χ3n) is 3.75. The number of pyridine rings is 1. The SMILES string of the molecule is CCCC(=O)N1CCCC(C(=O)Nc2cccc(C)n2)C1. The van der Waals surface area contributed by atoms with Crippen molar-refractivity contribution < 1.29 is 9.59 Å². The van der Waals surface area contributed by atoms with Crippen LogP contribution < -0.4 is 5.32 Å². The van der Waals surface area contributed by atoms with Gasteiger partial charge in [0.15, 0.2) is 0 Å². The van der Waals surface area contributed by atoms with E-state index >= 15 is 0 Å². The summed E-state index contributed by atoms with van der Waals surface area (Å²) in [5.74, 6) is 0.560. The first-order valence-electron chi connectivity index (χ1n) is 7.62. The van der Waals surface area contributed by atoms with Gasteiger partial charge in [-0.05, 0) is 38.3 Å². The van der Waals surface area contributed by atoms with Crippen LogP contribution in [0.25, 0.3) is 0 Å². The zero-order chi connectivity index (χ0) is 15.2. The Morgan fingerprint density at radius 1 is 1.43 bits per heavy atom. The Morgan fingerprint density at radius 3 is 2.95 bits per heavy atom. The van der Waals surface area contributed by atoms with E-state index in [1.165, 1.54) is 0 Å². The van der Waals surface area contributed by atoms with Gasteiger partial charge in [0.1, 0.15) is 5.82 Å². The lowest BCUT2D eigenvalue weighted by atomic mass is 9.96. The lowest BCUT2D eigenvalue weighted by molar-refractivity contribution is -0.134. The molecule has 1 aromatic rings. The van der Waals surface area contributed by atoms with Crippen molar-refractivity contribution in [2.24, 2.45) is 5.92 Å². The number of anilines is 1. The molecule has 1 unspecified atom stereocenters. The molecule has 0 bridgehead atoms. The molecule has 0 aromatic carbocycles. The van der Waals surface area contributed by atoms with E-state index in [1.54, 1.807) is 6.07 Å². The van der Waals surface area contributed by atoms with Crippen molar-refractivity contribution in [2.75, 3.05) is 18.4 Å². The number of piperidine rings is 1. The van der Waals surface area contributed by atoms with Gasteiger partial charge in [0.25, 0.3) is 0 Å². The molecular weight excluding hydrogens is 266 g/mol. The van der Waals surface area contributed by atoms with Crippen molar-refractivity contribution in [1.29, 1.82) is 0 Å². The van der Waals surface area contributed by atoms with E-state index in [0.29, 0.717) is 18.8 Å². The highest BCUT2D eigenvalue weighted by Gasteiger charge is 2.28. The average molecular weight is 289 g/mol. The topological polar surface area (TPSA) is 62.3 Å². The first kappa shape index (κ1) is 15.5. The number of nitrogens with zero attached hydrogens (tertiary/aromatic N) is 2. The third kappa shape index (κ3) is 4.28. The Hall–Kier alpha value is -1.91. The number of carbonyl (C=O) groups is 2. The van der Waals surface area contributed by atoms with Crippen molar-refractivity contribution >= 4 is 17.6 Å². The van der Waals surface area contributed by atoms with E-state index in [1.807, 2.05) is 30.9 Å². The Morgan fingerprint density at radius 2 is 2.24 bits per heavy atom. The van der Waals surface area contributed by atoms with Gasteiger partial charge in [0, 0.05) is 25.2 Å². The molecule has 2 rings (SSSR count). The molecule has 21 heavy (non-hydrogen) atoms. The van der Waals surface area contributed by atoms with Crippen molar-refractivity contribution in [1.82, 2.24) is 9.88 Å². The van der Waals surface area contributed by atoms with E-state index in [4.69, 9.17) is 0 Å². The molecule has 0 aliphatic carbocycles. The van der Waals surface area contributed by atoms with Crippen LogP contribution in [0.4, 0.5) is 5.82 Å². The van der Waals surface area contributed by atoms with Gasteiger partial charge in [0.05, 0.1) is 5.92 Å². The Kier molecular flexibility index (Phi) is 5.31. The van der Waals surface area contributed by atoms with E-state index in [9.17, 15) is 9.59 Å². The molecule has 1 fully saturated rings. The summed E-state index contributed by atoms with van der Waals surface area (Å²) in [5.41, 5.74) is 0.871. The van der Waals surface area contributed by atoms with Crippen LogP contribution in [0.2, 0.25) is 0 Å². The van der Waals surface area contributed by atoms with Gasteiger partial charge in [-0.2, -0.15) is 0 Å². The first-order valence-corrected chi connectivity index (χ1v) is 7.62. The highest BCUT2D eigenvalue weighted by molar-refractivity contribution is 5.92. The van der Waals surface area contributed by atoms with E-state index in [2.05, 4.69) is 10.3 Å². The van der Waals surface area contributed by atoms with Crippen LogP contribution in [-0.4, -0.2) is 34.8 Å². The van der Waals surface area contributed by atoms with Crippen LogP contribution in [0.15, 0.2) is 18.2 Å². The minimum atomic E-state index is -0.137. The predicted molar refractivity (Wildman–Crippen MR) is 81.8 cm³/mol. The number of aryl methyl sites for hydroxylation is 1. The van der Waals surface area contributed by atoms with Crippen LogP contribution in [0.1, 0.15) is 38.3 Å². The second-order valence-electron chi connectivity index (χ2n) is 5.58. The largest absolute Gasteiger partial charge is 0.342 e. The number of nitrogens with one attached hydrogen (secondary N) is 1. The summed E-state index contributed by atoms with van der Waals surface area (Å²) in [6, 6.07) is 5.55. The minimum absolute atomic E-state index is 0.0397. The molecule has 0 spiro atoms. The van der Waals surface area contributed by atoms with Crippen molar-refractivity contribution in [3.63, 3.8) is 0 Å². The number of rotatable bonds is 4. The molecule has 114 valence electrons. The fourth-order valence-corrected chi connectivity index (χ4v) is 2.63. The summed E-state index contributed by atoms with van der Waals surface area (Å²) in [7, 11) is 0. The monoisotopic (exact) mass is 289 g/mol. The summed E-state index contributed by atoms with van der Waals surface area (Å²) >= 11 is 0. The number of hydrogen-bond acceptors (Lipinski definition) is 3. The maximum Gasteiger partial charge on any atom is 0.230 e. The number of aromatic nitrogens is 1. The molecule has 1 saturated heterocycles. The molecule has 1 aliphatic rings. The highest BCUT2D eigenvalue weighted by Crippen LogP contribution is 2.19. The Bertz CT molecular complexity index is 516. The van der Waals surface area contributed by atoms with E-state index in [-0.39, 0.29) is 17.7 Å². The number of hydrogen-bond donors (Lipinski definition) is 1. The molecule has 1 atom stereocenters. The second-order valence-corrected chi connectivity index (χ2v) is 5.58. The molecule has 2 amide bonds. The number of amides is 2. The van der Waals surface area contributed by atoms with Gasteiger partial charge in [-0.25, -0.2) is 4.98 Å². The van der Waals surface area contributed by atoms with Gasteiger partial charge < -0.3 is 10.2 Å². The fraction of sp³-hybridized carbons (Fsp3) is 0.562. The molecule has 5 nitrogen and oxygen atoms in total. The Labute approximate surface area is 125 Å². The molecule has 0 saturated carbocycles. The van der Waals surface area contributed by atoms with E-state index in [0.717, 1.165) is 31.5 Å². The normalized spacial score (nSPS) is 18.4. The summed E-state index contributed by atoms with van der Waals surface area (Å²) in [6.07, 6.45) is 3.12. The zero-order valence-corrected chi connectivity index (χ0v) is 12.8. The quantitative estimate of drug-likeness (QED) is 0.925. The number of carbonyl (C=O) groups excluding carboxylic acids is 2. The van der Waals surface area contributed by atoms with Crippen LogP contribution in [-0.2, 0) is 9.59 Å². The van der Waals surface area contributed by atoms with Gasteiger partial charge in [0.2, 0.25) is 11.8 Å². The van der Waals surface area contributed by atoms with Crippen LogP contribution >= 0.6 is 0 Å². The molecule has 1 aromatic heterocycles. The van der Waals surface area contributed by atoms with Crippen molar-refractivity contribution in [3.05, 3.63) is 23.9 Å². The Balaban J connectivity index is 1.94. The van der Waals surface area contributed by atoms with Gasteiger partial charge in [-0.1, -0.05) is 13.0 Å². The molecular formula is C16H23N3O2. The average Bonchev–Trinajstić information content (AvgIpc) is 2.47. The maximum atomic E-state index is 12.3.